The standard InChI is InChI=1S/C28H30N2O4/c31-24-9-5-20(6-10-24)27(21-7-11-25(32)12-8-21)26-4-2-1-3-22(26)19-29-15-13-23(14-16-29)30-17-18-34-28(30)33/h1-12,23,27,31-32H,13-19H2. The van der Waals surface area contributed by atoms with E-state index < -0.39 is 0 Å². The van der Waals surface area contributed by atoms with Crippen molar-refractivity contribution in [3.05, 3.63) is 95.1 Å². The minimum absolute atomic E-state index is 0.0192. The lowest BCUT2D eigenvalue weighted by molar-refractivity contribution is 0.115. The first-order chi connectivity index (χ1) is 16.6. The first kappa shape index (κ1) is 22.3. The third-order valence-corrected chi connectivity index (χ3v) is 7.00. The normalized spacial score (nSPS) is 17.3. The molecule has 6 nitrogen and oxygen atoms in total. The van der Waals surface area contributed by atoms with Gasteiger partial charge in [-0.2, -0.15) is 0 Å². The number of likely N-dealkylation sites (tertiary alicyclic amines) is 1. The number of carbonyl (C=O) groups is 1. The van der Waals surface area contributed by atoms with Gasteiger partial charge in [0.15, 0.2) is 0 Å². The van der Waals surface area contributed by atoms with E-state index in [1.54, 1.807) is 24.3 Å². The monoisotopic (exact) mass is 458 g/mol. The second-order valence-electron chi connectivity index (χ2n) is 9.13. The zero-order chi connectivity index (χ0) is 23.5. The average molecular weight is 459 g/mol. The van der Waals surface area contributed by atoms with E-state index in [9.17, 15) is 15.0 Å². The first-order valence-corrected chi connectivity index (χ1v) is 11.9. The molecule has 0 bridgehead atoms. The Bertz CT molecular complexity index is 1080. The maximum atomic E-state index is 11.9. The molecule has 2 fully saturated rings. The number of phenols is 2. The number of piperidine rings is 1. The van der Waals surface area contributed by atoms with Crippen molar-refractivity contribution >= 4 is 6.09 Å². The van der Waals surface area contributed by atoms with Crippen molar-refractivity contribution in [2.45, 2.75) is 31.3 Å². The number of ether oxygens (including phenoxy) is 1. The van der Waals surface area contributed by atoms with Crippen LogP contribution in [0.1, 0.15) is 41.0 Å². The van der Waals surface area contributed by atoms with E-state index in [2.05, 4.69) is 29.2 Å². The number of amides is 1. The van der Waals surface area contributed by atoms with Gasteiger partial charge in [-0.25, -0.2) is 4.79 Å². The van der Waals surface area contributed by atoms with E-state index in [-0.39, 0.29) is 29.6 Å². The number of hydrogen-bond donors (Lipinski definition) is 2. The Balaban J connectivity index is 1.39. The van der Waals surface area contributed by atoms with Gasteiger partial charge in [-0.15, -0.1) is 0 Å². The fraction of sp³-hybridized carbons (Fsp3) is 0.321. The highest BCUT2D eigenvalue weighted by molar-refractivity contribution is 5.69. The number of aromatic hydroxyl groups is 2. The Morgan fingerprint density at radius 2 is 1.41 bits per heavy atom. The summed E-state index contributed by atoms with van der Waals surface area (Å²) < 4.78 is 5.12. The number of phenolic OH excluding ortho intramolecular Hbond substituents is 2. The average Bonchev–Trinajstić information content (AvgIpc) is 3.29. The fourth-order valence-electron chi connectivity index (χ4n) is 5.21. The summed E-state index contributed by atoms with van der Waals surface area (Å²) in [7, 11) is 0. The van der Waals surface area contributed by atoms with Gasteiger partial charge in [0.1, 0.15) is 18.1 Å². The van der Waals surface area contributed by atoms with Crippen molar-refractivity contribution < 1.29 is 19.7 Å². The highest BCUT2D eigenvalue weighted by Gasteiger charge is 2.32. The maximum absolute atomic E-state index is 11.9. The van der Waals surface area contributed by atoms with Gasteiger partial charge in [0.2, 0.25) is 0 Å². The zero-order valence-corrected chi connectivity index (χ0v) is 19.1. The summed E-state index contributed by atoms with van der Waals surface area (Å²) >= 11 is 0. The van der Waals surface area contributed by atoms with Gasteiger partial charge in [-0.1, -0.05) is 48.5 Å². The van der Waals surface area contributed by atoms with Gasteiger partial charge in [0.25, 0.3) is 0 Å². The Kier molecular flexibility index (Phi) is 6.41. The molecular weight excluding hydrogens is 428 g/mol. The van der Waals surface area contributed by atoms with Crippen molar-refractivity contribution in [2.24, 2.45) is 0 Å². The molecule has 1 amide bonds. The van der Waals surface area contributed by atoms with Gasteiger partial charge in [-0.3, -0.25) is 4.90 Å². The van der Waals surface area contributed by atoms with Crippen molar-refractivity contribution in [2.75, 3.05) is 26.2 Å². The Hall–Kier alpha value is -3.51. The highest BCUT2D eigenvalue weighted by Crippen LogP contribution is 2.36. The maximum Gasteiger partial charge on any atom is 0.410 e. The van der Waals surface area contributed by atoms with E-state index in [4.69, 9.17) is 4.74 Å². The van der Waals surface area contributed by atoms with E-state index in [1.165, 1.54) is 11.1 Å². The molecule has 176 valence electrons. The molecule has 3 aromatic rings. The van der Waals surface area contributed by atoms with Crippen LogP contribution in [0.15, 0.2) is 72.8 Å². The lowest BCUT2D eigenvalue weighted by Crippen LogP contribution is -2.45. The van der Waals surface area contributed by atoms with Crippen LogP contribution in [-0.4, -0.2) is 58.4 Å². The van der Waals surface area contributed by atoms with Crippen LogP contribution in [0.3, 0.4) is 0 Å². The van der Waals surface area contributed by atoms with Gasteiger partial charge in [0.05, 0.1) is 6.54 Å². The topological polar surface area (TPSA) is 73.2 Å². The van der Waals surface area contributed by atoms with Crippen molar-refractivity contribution in [1.29, 1.82) is 0 Å². The summed E-state index contributed by atoms with van der Waals surface area (Å²) in [5, 5.41) is 19.7. The lowest BCUT2D eigenvalue weighted by atomic mass is 9.82. The van der Waals surface area contributed by atoms with Gasteiger partial charge >= 0.3 is 6.09 Å². The number of hydrogen-bond acceptors (Lipinski definition) is 5. The molecule has 5 rings (SSSR count). The highest BCUT2D eigenvalue weighted by atomic mass is 16.6. The van der Waals surface area contributed by atoms with Gasteiger partial charge < -0.3 is 19.8 Å². The zero-order valence-electron chi connectivity index (χ0n) is 19.1. The number of carbonyl (C=O) groups excluding carboxylic acids is 1. The lowest BCUT2D eigenvalue weighted by Gasteiger charge is -2.36. The molecule has 2 aliphatic rings. The molecule has 0 spiro atoms. The van der Waals surface area contributed by atoms with Crippen molar-refractivity contribution in [3.8, 4) is 11.5 Å². The van der Waals surface area contributed by atoms with Crippen LogP contribution in [0.5, 0.6) is 11.5 Å². The molecule has 0 aromatic heterocycles. The number of cyclic esters (lactones) is 1. The van der Waals surface area contributed by atoms with E-state index >= 15 is 0 Å². The molecule has 2 heterocycles. The number of rotatable bonds is 6. The smallest absolute Gasteiger partial charge is 0.410 e. The molecule has 0 saturated carbocycles. The third kappa shape index (κ3) is 4.73. The van der Waals surface area contributed by atoms with Crippen LogP contribution in [0.25, 0.3) is 0 Å². The van der Waals surface area contributed by atoms with Gasteiger partial charge in [-0.05, 0) is 59.4 Å². The number of nitrogens with zero attached hydrogens (tertiary/aromatic N) is 2. The first-order valence-electron chi connectivity index (χ1n) is 11.9. The molecule has 0 aliphatic carbocycles. The second kappa shape index (κ2) is 9.77. The largest absolute Gasteiger partial charge is 0.508 e. The van der Waals surface area contributed by atoms with Crippen LogP contribution in [-0.2, 0) is 11.3 Å². The number of benzene rings is 3. The summed E-state index contributed by atoms with van der Waals surface area (Å²) in [6, 6.07) is 23.5. The molecule has 34 heavy (non-hydrogen) atoms. The molecule has 0 radical (unpaired) electrons. The van der Waals surface area contributed by atoms with Crippen LogP contribution in [0.2, 0.25) is 0 Å². The third-order valence-electron chi connectivity index (χ3n) is 7.00. The van der Waals surface area contributed by atoms with Crippen molar-refractivity contribution in [1.82, 2.24) is 9.80 Å². The Labute approximate surface area is 200 Å². The molecule has 6 heteroatoms. The van der Waals surface area contributed by atoms with E-state index in [0.29, 0.717) is 13.2 Å². The minimum Gasteiger partial charge on any atom is -0.508 e. The Morgan fingerprint density at radius 1 is 0.824 bits per heavy atom. The molecule has 2 aliphatic heterocycles. The summed E-state index contributed by atoms with van der Waals surface area (Å²) in [6.45, 7) is 3.91. The van der Waals surface area contributed by atoms with Crippen LogP contribution >= 0.6 is 0 Å². The predicted octanol–water partition coefficient (Wildman–Crippen LogP) is 4.69. The Morgan fingerprint density at radius 3 is 1.97 bits per heavy atom. The molecule has 2 N–H and O–H groups in total. The summed E-state index contributed by atoms with van der Waals surface area (Å²) in [6.07, 6.45) is 1.74. The predicted molar refractivity (Wildman–Crippen MR) is 130 cm³/mol. The summed E-state index contributed by atoms with van der Waals surface area (Å²) in [5.41, 5.74) is 4.64. The quantitative estimate of drug-likeness (QED) is 0.524. The minimum atomic E-state index is -0.172. The second-order valence-corrected chi connectivity index (χ2v) is 9.13. The van der Waals surface area contributed by atoms with Gasteiger partial charge in [0, 0.05) is 31.6 Å². The van der Waals surface area contributed by atoms with Crippen LogP contribution in [0, 0.1) is 0 Å². The fourth-order valence-corrected chi connectivity index (χ4v) is 5.21. The summed E-state index contributed by atoms with van der Waals surface area (Å²) in [5.74, 6) is 0.465. The van der Waals surface area contributed by atoms with E-state index in [0.717, 1.165) is 43.6 Å². The summed E-state index contributed by atoms with van der Waals surface area (Å²) in [4.78, 5) is 16.3. The molecule has 0 unspecified atom stereocenters. The van der Waals surface area contributed by atoms with Crippen LogP contribution < -0.4 is 0 Å². The molecule has 0 atom stereocenters. The van der Waals surface area contributed by atoms with Crippen molar-refractivity contribution in [3.63, 3.8) is 0 Å². The van der Waals surface area contributed by atoms with E-state index in [1.807, 2.05) is 29.2 Å². The molecule has 3 aromatic carbocycles. The molecular formula is C28H30N2O4. The molecule has 2 saturated heterocycles. The van der Waals surface area contributed by atoms with Crippen LogP contribution in [0.4, 0.5) is 4.79 Å². The SMILES string of the molecule is O=C1OCCN1C1CCN(Cc2ccccc2C(c2ccc(O)cc2)c2ccc(O)cc2)CC1.